The fraction of sp³-hybridized carbons (Fsp3) is 0.714. The monoisotopic (exact) mass is 346 g/mol. The van der Waals surface area contributed by atoms with Crippen LogP contribution in [0.4, 0.5) is 0 Å². The molecule has 0 aromatic carbocycles. The van der Waals surface area contributed by atoms with Gasteiger partial charge < -0.3 is 21.1 Å². The molecule has 0 unspecified atom stereocenters. The molecule has 0 radical (unpaired) electrons. The van der Waals surface area contributed by atoms with Crippen molar-refractivity contribution < 1.29 is 40.0 Å². The van der Waals surface area contributed by atoms with Crippen LogP contribution >= 0.6 is 0 Å². The molecule has 1 aliphatic rings. The minimum atomic E-state index is -1.21. The molecule has 5 heteroatoms. The summed E-state index contributed by atoms with van der Waals surface area (Å²) in [6.45, 7) is 10.2. The molecule has 0 aliphatic heterocycles. The Hall–Kier alpha value is 0.203. The Bertz CT molecular complexity index is 348. The third-order valence-electron chi connectivity index (χ3n) is 4.01. The normalized spacial score (nSPS) is 18.5. The van der Waals surface area contributed by atoms with Gasteiger partial charge in [-0.1, -0.05) is 0 Å². The van der Waals surface area contributed by atoms with Crippen LogP contribution in [-0.4, -0.2) is 40.7 Å². The van der Waals surface area contributed by atoms with Gasteiger partial charge in [-0.2, -0.15) is 0 Å². The van der Waals surface area contributed by atoms with Gasteiger partial charge in [0.2, 0.25) is 0 Å². The van der Waals surface area contributed by atoms with Crippen molar-refractivity contribution in [2.24, 2.45) is 11.1 Å². The maximum Gasteiger partial charge on any atom is 0.0856 e. The average molecular weight is 348 g/mol. The Morgan fingerprint density at radius 2 is 1.37 bits per heavy atom. The van der Waals surface area contributed by atoms with Gasteiger partial charge in [0.25, 0.3) is 0 Å². The van der Waals surface area contributed by atoms with Crippen molar-refractivity contribution in [3.05, 3.63) is 20.0 Å². The summed E-state index contributed by atoms with van der Waals surface area (Å²) in [6, 6.07) is 0. The molecule has 0 aromatic rings. The van der Waals surface area contributed by atoms with Gasteiger partial charge in [-0.25, -0.2) is 0 Å². The molecule has 0 saturated carbocycles. The number of nitrogens with two attached hydrogens (primary N) is 1. The molecule has 4 nitrogen and oxygen atoms in total. The minimum absolute atomic E-state index is 0.354. The zero-order chi connectivity index (χ0) is 15.4. The van der Waals surface area contributed by atoms with Gasteiger partial charge in [0.1, 0.15) is 0 Å². The van der Waals surface area contributed by atoms with Gasteiger partial charge in [0.15, 0.2) is 0 Å². The third-order valence-corrected chi connectivity index (χ3v) is 6.47. The molecule has 5 N–H and O–H groups in total. The molecule has 0 bridgehead atoms. The first-order valence-corrected chi connectivity index (χ1v) is 7.53. The van der Waals surface area contributed by atoms with Crippen LogP contribution in [0.25, 0.3) is 0 Å². The molecule has 0 aromatic heterocycles. The Labute approximate surface area is 131 Å². The zero-order valence-electron chi connectivity index (χ0n) is 12.5. The molecule has 109 valence electrons. The molecule has 1 rings (SSSR count). The van der Waals surface area contributed by atoms with Crippen molar-refractivity contribution in [1.29, 1.82) is 0 Å². The first kappa shape index (κ1) is 19.2. The van der Waals surface area contributed by atoms with Crippen LogP contribution in [-0.2, 0) is 24.7 Å². The van der Waals surface area contributed by atoms with E-state index < -0.39 is 25.4 Å². The Balaban J connectivity index is 0.000000362. The van der Waals surface area contributed by atoms with E-state index >= 15 is 0 Å². The van der Waals surface area contributed by atoms with Crippen LogP contribution in [0.1, 0.15) is 34.6 Å². The largest absolute Gasteiger partial charge is 0.394 e. The summed E-state index contributed by atoms with van der Waals surface area (Å²) in [4.78, 5) is 0. The van der Waals surface area contributed by atoms with Crippen LogP contribution in [0, 0.1) is 5.41 Å². The van der Waals surface area contributed by atoms with E-state index in [1.54, 1.807) is 33.6 Å². The van der Waals surface area contributed by atoms with Gasteiger partial charge in [-0.3, -0.25) is 0 Å². The van der Waals surface area contributed by atoms with Gasteiger partial charge in [-0.05, 0) is 0 Å². The van der Waals surface area contributed by atoms with Gasteiger partial charge in [0, 0.05) is 0 Å². The summed E-state index contributed by atoms with van der Waals surface area (Å²) < 4.78 is 1.62. The van der Waals surface area contributed by atoms with Crippen LogP contribution in [0.3, 0.4) is 0 Å². The fourth-order valence-corrected chi connectivity index (χ4v) is 2.67. The predicted octanol–water partition coefficient (Wildman–Crippen LogP) is 0.844. The summed E-state index contributed by atoms with van der Waals surface area (Å²) in [5.74, 6) is 0. The molecule has 0 amide bonds. The summed E-state index contributed by atoms with van der Waals surface area (Å²) in [5.41, 5.74) is 8.90. The number of hydrogen-bond donors (Lipinski definition) is 4. The molecule has 0 atom stereocenters. The Morgan fingerprint density at radius 1 is 1.00 bits per heavy atom. The Kier molecular flexibility index (Phi) is 7.36. The van der Waals surface area contributed by atoms with E-state index in [4.69, 9.17) is 21.1 Å². The van der Waals surface area contributed by atoms with Crippen LogP contribution in [0.5, 0.6) is 0 Å². The van der Waals surface area contributed by atoms with Crippen molar-refractivity contribution in [1.82, 2.24) is 0 Å². The first-order chi connectivity index (χ1) is 8.57. The number of aliphatic hydroxyl groups is 3. The number of hydrogen-bond acceptors (Lipinski definition) is 4. The van der Waals surface area contributed by atoms with Crippen LogP contribution in [0.15, 0.2) is 20.0 Å². The van der Waals surface area contributed by atoms with E-state index in [-0.39, 0.29) is 0 Å². The number of rotatable bonds is 3. The second kappa shape index (κ2) is 7.28. The summed E-state index contributed by atoms with van der Waals surface area (Å²) in [5, 5.41) is 25.0. The maximum atomic E-state index is 8.34. The van der Waals surface area contributed by atoms with E-state index in [0.29, 0.717) is 5.41 Å². The third kappa shape index (κ3) is 4.33. The average Bonchev–Trinajstić information content (AvgIpc) is 2.54. The SMILES string of the molecule is CC1=C(C)C(C)(C)[C]([Zr])=C1C.NC(CO)(CO)CO. The van der Waals surface area contributed by atoms with Crippen molar-refractivity contribution in [2.75, 3.05) is 19.8 Å². The molecule has 1 aliphatic carbocycles. The van der Waals surface area contributed by atoms with E-state index in [0.717, 1.165) is 0 Å². The quantitative estimate of drug-likeness (QED) is 0.609. The molecule has 0 spiro atoms. The maximum absolute atomic E-state index is 8.34. The van der Waals surface area contributed by atoms with E-state index in [2.05, 4.69) is 34.6 Å². The van der Waals surface area contributed by atoms with Crippen molar-refractivity contribution in [3.8, 4) is 0 Å². The van der Waals surface area contributed by atoms with Crippen LogP contribution < -0.4 is 5.73 Å². The molecule has 0 heterocycles. The zero-order valence-corrected chi connectivity index (χ0v) is 15.0. The molecule has 0 saturated heterocycles. The van der Waals surface area contributed by atoms with Crippen molar-refractivity contribution in [3.63, 3.8) is 0 Å². The van der Waals surface area contributed by atoms with E-state index in [1.165, 1.54) is 11.1 Å². The predicted molar refractivity (Wildman–Crippen MR) is 73.0 cm³/mol. The number of aliphatic hydroxyl groups excluding tert-OH is 3. The summed E-state index contributed by atoms with van der Waals surface area (Å²) in [6.07, 6.45) is 0. The van der Waals surface area contributed by atoms with Gasteiger partial charge in [0.05, 0.1) is 25.4 Å². The van der Waals surface area contributed by atoms with E-state index in [9.17, 15) is 0 Å². The smallest absolute Gasteiger partial charge is 0.0856 e. The standard InChI is InChI=1S/C10H15.C4H11NO3.Zr/c1-7-6-10(4,5)9(3)8(7)2;5-4(1-6,2-7)3-8;/h1-5H3;6-8H,1-3,5H2;. The minimum Gasteiger partial charge on any atom is -0.394 e. The van der Waals surface area contributed by atoms with Gasteiger partial charge >= 0.3 is 84.8 Å². The topological polar surface area (TPSA) is 86.7 Å². The summed E-state index contributed by atoms with van der Waals surface area (Å²) in [7, 11) is 0. The first-order valence-electron chi connectivity index (χ1n) is 6.30. The second-order valence-electron chi connectivity index (χ2n) is 5.71. The Morgan fingerprint density at radius 3 is 1.42 bits per heavy atom. The fourth-order valence-electron chi connectivity index (χ4n) is 1.74. The molecule has 19 heavy (non-hydrogen) atoms. The van der Waals surface area contributed by atoms with E-state index in [1.807, 2.05) is 0 Å². The van der Waals surface area contributed by atoms with Gasteiger partial charge in [-0.15, -0.1) is 0 Å². The number of allylic oxidation sites excluding steroid dienone is 4. The van der Waals surface area contributed by atoms with Crippen molar-refractivity contribution in [2.45, 2.75) is 40.2 Å². The second-order valence-corrected chi connectivity index (χ2v) is 6.94. The molecular weight excluding hydrogens is 321 g/mol. The molecule has 0 fully saturated rings. The van der Waals surface area contributed by atoms with Crippen LogP contribution in [0.2, 0.25) is 0 Å². The van der Waals surface area contributed by atoms with Crippen molar-refractivity contribution >= 4 is 0 Å². The molecular formula is C14H26NO3Zr. The summed E-state index contributed by atoms with van der Waals surface area (Å²) >= 11 is 1.57.